The maximum Gasteiger partial charge on any atom is 0.418 e. The maximum absolute atomic E-state index is 12.8. The third-order valence-electron chi connectivity index (χ3n) is 2.47. The summed E-state index contributed by atoms with van der Waals surface area (Å²) in [6, 6.07) is 0. The molecule has 0 unspecified atom stereocenters. The number of rotatable bonds is 2. The minimum Gasteiger partial charge on any atom is -0.399 e. The van der Waals surface area contributed by atoms with Crippen LogP contribution in [-0.4, -0.2) is 24.7 Å². The van der Waals surface area contributed by atoms with E-state index in [-0.39, 0.29) is 0 Å². The third kappa shape index (κ3) is 5.09. The number of allylic oxidation sites excluding steroid dienone is 4. The normalized spacial score (nSPS) is 16.5. The van der Waals surface area contributed by atoms with Crippen LogP contribution in [0.4, 0.5) is 52.7 Å². The van der Waals surface area contributed by atoms with Crippen LogP contribution in [0.15, 0.2) is 34.6 Å². The summed E-state index contributed by atoms with van der Waals surface area (Å²) >= 11 is 0. The first kappa shape index (κ1) is 22.2. The van der Waals surface area contributed by atoms with Gasteiger partial charge in [0.2, 0.25) is 0 Å². The van der Waals surface area contributed by atoms with Crippen LogP contribution in [-0.2, 0) is 0 Å². The summed E-state index contributed by atoms with van der Waals surface area (Å²) in [4.78, 5) is 0. The highest BCUT2D eigenvalue weighted by atomic mass is 19.4. The molecule has 0 amide bonds. The Morgan fingerprint density at radius 3 is 1.04 bits per heavy atom. The SMILES string of the molecule is C=C(N)/C(=C(\C(=C(/C)C(F)(F)F)C(F)(F)F)C(F)(F)F)C(F)(F)F. The van der Waals surface area contributed by atoms with E-state index < -0.39 is 59.6 Å². The summed E-state index contributed by atoms with van der Waals surface area (Å²) in [5.41, 5.74) is -10.8. The molecule has 0 atom stereocenters. The monoisotopic (exact) mass is 381 g/mol. The van der Waals surface area contributed by atoms with Crippen molar-refractivity contribution in [2.45, 2.75) is 31.6 Å². The summed E-state index contributed by atoms with van der Waals surface area (Å²) in [5.74, 6) is 0. The molecule has 0 saturated heterocycles. The molecule has 0 spiro atoms. The lowest BCUT2D eigenvalue weighted by Gasteiger charge is -2.25. The average Bonchev–Trinajstić information content (AvgIpc) is 2.20. The van der Waals surface area contributed by atoms with E-state index in [9.17, 15) is 52.7 Å². The van der Waals surface area contributed by atoms with Crippen molar-refractivity contribution < 1.29 is 52.7 Å². The van der Waals surface area contributed by atoms with Gasteiger partial charge in [0.25, 0.3) is 0 Å². The molecule has 0 aliphatic heterocycles. The zero-order chi connectivity index (χ0) is 19.9. The third-order valence-corrected chi connectivity index (χ3v) is 2.47. The highest BCUT2D eigenvalue weighted by Gasteiger charge is 2.56. The Labute approximate surface area is 126 Å². The van der Waals surface area contributed by atoms with E-state index >= 15 is 0 Å². The second-order valence-corrected chi connectivity index (χ2v) is 4.27. The number of nitrogens with two attached hydrogens (primary N) is 1. The van der Waals surface area contributed by atoms with Crippen molar-refractivity contribution in [3.63, 3.8) is 0 Å². The van der Waals surface area contributed by atoms with Crippen molar-refractivity contribution in [1.29, 1.82) is 0 Å². The van der Waals surface area contributed by atoms with Gasteiger partial charge in [0.05, 0.1) is 16.7 Å². The Morgan fingerprint density at radius 1 is 0.583 bits per heavy atom. The van der Waals surface area contributed by atoms with Gasteiger partial charge in [0.15, 0.2) is 0 Å². The summed E-state index contributed by atoms with van der Waals surface area (Å²) in [6.07, 6.45) is -25.0. The van der Waals surface area contributed by atoms with Crippen LogP contribution in [0.3, 0.4) is 0 Å². The van der Waals surface area contributed by atoms with Crippen LogP contribution in [0, 0.1) is 0 Å². The predicted octanol–water partition coefficient (Wildman–Crippen LogP) is 5.32. The maximum atomic E-state index is 12.8. The largest absolute Gasteiger partial charge is 0.418 e. The van der Waals surface area contributed by atoms with Gasteiger partial charge in [-0.2, -0.15) is 52.7 Å². The molecule has 0 saturated carbocycles. The van der Waals surface area contributed by atoms with E-state index in [0.29, 0.717) is 0 Å². The van der Waals surface area contributed by atoms with Crippen LogP contribution < -0.4 is 5.73 Å². The van der Waals surface area contributed by atoms with Crippen molar-refractivity contribution >= 4 is 0 Å². The number of hydrogen-bond donors (Lipinski definition) is 1. The second kappa shape index (κ2) is 6.24. The van der Waals surface area contributed by atoms with Crippen LogP contribution in [0.5, 0.6) is 0 Å². The highest BCUT2D eigenvalue weighted by molar-refractivity contribution is 5.52. The Balaban J connectivity index is 7.41. The molecule has 24 heavy (non-hydrogen) atoms. The zero-order valence-corrected chi connectivity index (χ0v) is 11.3. The molecule has 0 fully saturated rings. The van der Waals surface area contributed by atoms with Crippen molar-refractivity contribution in [2.75, 3.05) is 0 Å². The molecule has 140 valence electrons. The van der Waals surface area contributed by atoms with E-state index in [0.717, 1.165) is 0 Å². The topological polar surface area (TPSA) is 26.0 Å². The summed E-state index contributed by atoms with van der Waals surface area (Å²) in [7, 11) is 0. The Morgan fingerprint density at radius 2 is 0.875 bits per heavy atom. The van der Waals surface area contributed by atoms with E-state index in [1.165, 1.54) is 0 Å². The Hall–Kier alpha value is -1.82. The zero-order valence-electron chi connectivity index (χ0n) is 11.3. The van der Waals surface area contributed by atoms with Crippen molar-refractivity contribution in [1.82, 2.24) is 0 Å². The molecule has 0 aliphatic rings. The molecular formula is C11H7F12N. The molecule has 13 heteroatoms. The van der Waals surface area contributed by atoms with Crippen molar-refractivity contribution in [2.24, 2.45) is 5.73 Å². The van der Waals surface area contributed by atoms with Gasteiger partial charge >= 0.3 is 24.7 Å². The molecule has 0 aromatic rings. The fourth-order valence-corrected chi connectivity index (χ4v) is 1.58. The number of alkyl halides is 12. The van der Waals surface area contributed by atoms with Gasteiger partial charge in [0.1, 0.15) is 0 Å². The lowest BCUT2D eigenvalue weighted by atomic mass is 9.92. The quantitative estimate of drug-likeness (QED) is 0.509. The van der Waals surface area contributed by atoms with Gasteiger partial charge in [-0.05, 0) is 6.92 Å². The van der Waals surface area contributed by atoms with Gasteiger partial charge in [-0.25, -0.2) is 0 Å². The molecule has 0 aromatic carbocycles. The van der Waals surface area contributed by atoms with Crippen LogP contribution >= 0.6 is 0 Å². The Bertz CT molecular complexity index is 564. The van der Waals surface area contributed by atoms with E-state index in [1.807, 2.05) is 0 Å². The fourth-order valence-electron chi connectivity index (χ4n) is 1.58. The summed E-state index contributed by atoms with van der Waals surface area (Å²) in [6.45, 7) is 1.84. The van der Waals surface area contributed by atoms with Gasteiger partial charge in [-0.15, -0.1) is 0 Å². The van der Waals surface area contributed by atoms with Crippen molar-refractivity contribution in [3.05, 3.63) is 34.6 Å². The van der Waals surface area contributed by atoms with E-state index in [4.69, 9.17) is 0 Å². The van der Waals surface area contributed by atoms with Gasteiger partial charge in [0, 0.05) is 11.3 Å². The smallest absolute Gasteiger partial charge is 0.399 e. The summed E-state index contributed by atoms with van der Waals surface area (Å²) in [5, 5.41) is 0. The second-order valence-electron chi connectivity index (χ2n) is 4.27. The molecular weight excluding hydrogens is 374 g/mol. The van der Waals surface area contributed by atoms with Gasteiger partial charge in [-0.1, -0.05) is 6.58 Å². The minimum absolute atomic E-state index is 0.429. The molecule has 0 aliphatic carbocycles. The van der Waals surface area contributed by atoms with Crippen LogP contribution in [0.25, 0.3) is 0 Å². The minimum atomic E-state index is -6.45. The molecule has 0 heterocycles. The predicted molar refractivity (Wildman–Crippen MR) is 57.3 cm³/mol. The number of halogens is 12. The van der Waals surface area contributed by atoms with E-state index in [2.05, 4.69) is 12.3 Å². The lowest BCUT2D eigenvalue weighted by molar-refractivity contribution is -0.135. The first-order valence-electron chi connectivity index (χ1n) is 5.41. The molecule has 1 nitrogen and oxygen atoms in total. The van der Waals surface area contributed by atoms with Gasteiger partial charge < -0.3 is 5.73 Å². The molecule has 0 bridgehead atoms. The first-order valence-corrected chi connectivity index (χ1v) is 5.41. The summed E-state index contributed by atoms with van der Waals surface area (Å²) < 4.78 is 152. The molecule has 2 N–H and O–H groups in total. The van der Waals surface area contributed by atoms with Crippen LogP contribution in [0.1, 0.15) is 6.92 Å². The molecule has 0 radical (unpaired) electrons. The van der Waals surface area contributed by atoms with Crippen molar-refractivity contribution in [3.8, 4) is 0 Å². The van der Waals surface area contributed by atoms with Gasteiger partial charge in [-0.3, -0.25) is 0 Å². The average molecular weight is 381 g/mol. The molecule has 0 rings (SSSR count). The highest BCUT2D eigenvalue weighted by Crippen LogP contribution is 2.49. The van der Waals surface area contributed by atoms with E-state index in [1.54, 1.807) is 0 Å². The first-order chi connectivity index (χ1) is 10.2. The Kier molecular flexibility index (Phi) is 5.77. The lowest BCUT2D eigenvalue weighted by Crippen LogP contribution is -2.33. The molecule has 0 aromatic heterocycles. The number of hydrogen-bond acceptors (Lipinski definition) is 1. The van der Waals surface area contributed by atoms with Crippen LogP contribution in [0.2, 0.25) is 0 Å². The fraction of sp³-hybridized carbons (Fsp3) is 0.455. The standard InChI is InChI=1S/C11H7F12N/c1-3(8(12,13)14)5(9(15,16)17)7(11(21,22)23)6(4(2)24)10(18,19)20/h2,24H2,1H3/b5-3-,7-6-.